The highest BCUT2D eigenvalue weighted by Gasteiger charge is 2.26. The molecule has 98 valence electrons. The minimum atomic E-state index is -1.59. The molecule has 6 nitrogen and oxygen atoms in total. The van der Waals surface area contributed by atoms with E-state index in [1.165, 1.54) is 12.1 Å². The van der Waals surface area contributed by atoms with Gasteiger partial charge in [-0.1, -0.05) is 15.9 Å². The maximum absolute atomic E-state index is 13.6. The topological polar surface area (TPSA) is 101 Å². The Balaban J connectivity index is 2.64. The number of halogens is 2. The summed E-state index contributed by atoms with van der Waals surface area (Å²) >= 11 is 3.11. The van der Waals surface area contributed by atoms with Crippen LogP contribution in [0.5, 0.6) is 0 Å². The first-order valence-corrected chi connectivity index (χ1v) is 5.62. The van der Waals surface area contributed by atoms with E-state index in [9.17, 15) is 14.0 Å². The first kappa shape index (κ1) is 13.2. The van der Waals surface area contributed by atoms with Crippen molar-refractivity contribution in [1.82, 2.24) is 4.98 Å². The van der Waals surface area contributed by atoms with Gasteiger partial charge in [0, 0.05) is 4.47 Å². The van der Waals surface area contributed by atoms with Gasteiger partial charge < -0.3 is 14.6 Å². The maximum Gasteiger partial charge on any atom is 0.374 e. The number of carboxylic acids is 2. The Hall–Kier alpha value is -2.22. The van der Waals surface area contributed by atoms with Crippen molar-refractivity contribution in [2.24, 2.45) is 0 Å². The third kappa shape index (κ3) is 2.48. The van der Waals surface area contributed by atoms with Crippen LogP contribution in [0.25, 0.3) is 11.5 Å². The van der Waals surface area contributed by atoms with Gasteiger partial charge in [0.1, 0.15) is 5.82 Å². The SMILES string of the molecule is O=C(O)c1nc(-c2cc(Br)ccc2F)oc1C(=O)O. The molecular weight excluding hydrogens is 325 g/mol. The lowest BCUT2D eigenvalue weighted by Crippen LogP contribution is -2.05. The van der Waals surface area contributed by atoms with E-state index in [0.29, 0.717) is 4.47 Å². The highest BCUT2D eigenvalue weighted by atomic mass is 79.9. The van der Waals surface area contributed by atoms with E-state index in [0.717, 1.165) is 6.07 Å². The summed E-state index contributed by atoms with van der Waals surface area (Å²) in [6, 6.07) is 3.85. The van der Waals surface area contributed by atoms with Gasteiger partial charge in [0.2, 0.25) is 17.3 Å². The molecule has 1 heterocycles. The van der Waals surface area contributed by atoms with Crippen molar-refractivity contribution in [2.75, 3.05) is 0 Å². The molecule has 0 amide bonds. The van der Waals surface area contributed by atoms with E-state index in [1.807, 2.05) is 0 Å². The van der Waals surface area contributed by atoms with Crippen molar-refractivity contribution >= 4 is 27.9 Å². The lowest BCUT2D eigenvalue weighted by molar-refractivity contribution is 0.0624. The van der Waals surface area contributed by atoms with Crippen LogP contribution in [0.1, 0.15) is 21.0 Å². The van der Waals surface area contributed by atoms with Crippen molar-refractivity contribution in [2.45, 2.75) is 0 Å². The lowest BCUT2D eigenvalue weighted by Gasteiger charge is -1.98. The van der Waals surface area contributed by atoms with E-state index in [2.05, 4.69) is 20.9 Å². The highest BCUT2D eigenvalue weighted by molar-refractivity contribution is 9.10. The Morgan fingerprint density at radius 2 is 1.95 bits per heavy atom. The van der Waals surface area contributed by atoms with E-state index < -0.39 is 35.1 Å². The molecule has 0 atom stereocenters. The fourth-order valence-corrected chi connectivity index (χ4v) is 1.75. The zero-order chi connectivity index (χ0) is 14.2. The summed E-state index contributed by atoms with van der Waals surface area (Å²) in [6.45, 7) is 0. The van der Waals surface area contributed by atoms with E-state index in [4.69, 9.17) is 14.6 Å². The minimum Gasteiger partial charge on any atom is -0.476 e. The van der Waals surface area contributed by atoms with Crippen molar-refractivity contribution in [3.05, 3.63) is 39.9 Å². The second kappa shape index (κ2) is 4.81. The van der Waals surface area contributed by atoms with Crippen molar-refractivity contribution in [3.63, 3.8) is 0 Å². The van der Waals surface area contributed by atoms with Gasteiger partial charge in [0.25, 0.3) is 0 Å². The largest absolute Gasteiger partial charge is 0.476 e. The number of aromatic carboxylic acids is 2. The lowest BCUT2D eigenvalue weighted by atomic mass is 10.2. The number of benzene rings is 1. The van der Waals surface area contributed by atoms with Gasteiger partial charge in [-0.05, 0) is 18.2 Å². The van der Waals surface area contributed by atoms with Gasteiger partial charge >= 0.3 is 11.9 Å². The van der Waals surface area contributed by atoms with Crippen molar-refractivity contribution in [1.29, 1.82) is 0 Å². The molecule has 19 heavy (non-hydrogen) atoms. The third-order valence-corrected chi connectivity index (χ3v) is 2.68. The maximum atomic E-state index is 13.6. The van der Waals surface area contributed by atoms with Gasteiger partial charge in [-0.15, -0.1) is 0 Å². The van der Waals surface area contributed by atoms with E-state index in [1.54, 1.807) is 0 Å². The molecule has 0 saturated heterocycles. The Kier molecular flexibility index (Phi) is 3.34. The van der Waals surface area contributed by atoms with Crippen LogP contribution in [0.3, 0.4) is 0 Å². The fourth-order valence-electron chi connectivity index (χ4n) is 1.39. The number of carboxylic acid groups (broad SMARTS) is 2. The number of aromatic nitrogens is 1. The Labute approximate surface area is 113 Å². The van der Waals surface area contributed by atoms with Gasteiger partial charge in [0.15, 0.2) is 0 Å². The Bertz CT molecular complexity index is 650. The summed E-state index contributed by atoms with van der Waals surface area (Å²) in [5, 5.41) is 17.6. The Morgan fingerprint density at radius 1 is 1.26 bits per heavy atom. The third-order valence-electron chi connectivity index (χ3n) is 2.18. The number of hydrogen-bond donors (Lipinski definition) is 2. The quantitative estimate of drug-likeness (QED) is 0.897. The van der Waals surface area contributed by atoms with Gasteiger partial charge in [-0.3, -0.25) is 0 Å². The number of nitrogens with zero attached hydrogens (tertiary/aromatic N) is 1. The molecular formula is C11H5BrFNO5. The first-order valence-electron chi connectivity index (χ1n) is 4.83. The number of carbonyl (C=O) groups is 2. The van der Waals surface area contributed by atoms with Crippen molar-refractivity contribution < 1.29 is 28.6 Å². The molecule has 2 N–H and O–H groups in total. The molecule has 8 heteroatoms. The van der Waals surface area contributed by atoms with Crippen molar-refractivity contribution in [3.8, 4) is 11.5 Å². The van der Waals surface area contributed by atoms with Gasteiger partial charge in [0.05, 0.1) is 5.56 Å². The number of rotatable bonds is 3. The average Bonchev–Trinajstić information content (AvgIpc) is 2.77. The molecule has 0 unspecified atom stereocenters. The van der Waals surface area contributed by atoms with Crippen LogP contribution in [0.4, 0.5) is 4.39 Å². The molecule has 1 aromatic heterocycles. The summed E-state index contributed by atoms with van der Waals surface area (Å²) in [5.41, 5.74) is -0.911. The molecule has 2 aromatic rings. The average molecular weight is 330 g/mol. The zero-order valence-electron chi connectivity index (χ0n) is 9.05. The molecule has 0 spiro atoms. The van der Waals surface area contributed by atoms with Crippen LogP contribution in [-0.2, 0) is 0 Å². The standard InChI is InChI=1S/C11H5BrFNO5/c12-4-1-2-6(13)5(3-4)9-14-7(10(15)16)8(19-9)11(17)18/h1-3H,(H,15,16)(H,17,18). The summed E-state index contributed by atoms with van der Waals surface area (Å²) in [6.07, 6.45) is 0. The predicted molar refractivity (Wildman–Crippen MR) is 63.5 cm³/mol. The fraction of sp³-hybridized carbons (Fsp3) is 0. The Morgan fingerprint density at radius 3 is 2.47 bits per heavy atom. The predicted octanol–water partition coefficient (Wildman–Crippen LogP) is 2.64. The number of oxazole rings is 1. The summed E-state index contributed by atoms with van der Waals surface area (Å²) in [7, 11) is 0. The zero-order valence-corrected chi connectivity index (χ0v) is 10.6. The summed E-state index contributed by atoms with van der Waals surface area (Å²) < 4.78 is 18.9. The molecule has 0 aliphatic carbocycles. The normalized spacial score (nSPS) is 10.4. The summed E-state index contributed by atoms with van der Waals surface area (Å²) in [5.74, 6) is -5.12. The molecule has 0 bridgehead atoms. The first-order chi connectivity index (χ1) is 8.90. The number of hydrogen-bond acceptors (Lipinski definition) is 4. The molecule has 0 saturated carbocycles. The van der Waals surface area contributed by atoms with Crippen LogP contribution in [0.15, 0.2) is 27.1 Å². The van der Waals surface area contributed by atoms with Crippen LogP contribution in [0, 0.1) is 5.82 Å². The minimum absolute atomic E-state index is 0.135. The van der Waals surface area contributed by atoms with Gasteiger partial charge in [-0.25, -0.2) is 19.0 Å². The second-order valence-corrected chi connectivity index (χ2v) is 4.35. The molecule has 0 fully saturated rings. The van der Waals surface area contributed by atoms with Crippen LogP contribution in [-0.4, -0.2) is 27.1 Å². The van der Waals surface area contributed by atoms with Gasteiger partial charge in [-0.2, -0.15) is 0 Å². The summed E-state index contributed by atoms with van der Waals surface area (Å²) in [4.78, 5) is 25.2. The van der Waals surface area contributed by atoms with Crippen LogP contribution >= 0.6 is 15.9 Å². The van der Waals surface area contributed by atoms with E-state index >= 15 is 0 Å². The molecule has 0 aliphatic heterocycles. The molecule has 0 aliphatic rings. The molecule has 1 aromatic carbocycles. The monoisotopic (exact) mass is 329 g/mol. The highest BCUT2D eigenvalue weighted by Crippen LogP contribution is 2.27. The smallest absolute Gasteiger partial charge is 0.374 e. The molecule has 0 radical (unpaired) electrons. The van der Waals surface area contributed by atoms with Crippen LogP contribution < -0.4 is 0 Å². The second-order valence-electron chi connectivity index (χ2n) is 3.43. The molecule has 2 rings (SSSR count). The van der Waals surface area contributed by atoms with Crippen LogP contribution in [0.2, 0.25) is 0 Å². The van der Waals surface area contributed by atoms with E-state index in [-0.39, 0.29) is 5.56 Å².